The molecule has 1 fully saturated rings. The highest BCUT2D eigenvalue weighted by Crippen LogP contribution is 2.22. The first-order chi connectivity index (χ1) is 14.6. The van der Waals surface area contributed by atoms with Crippen LogP contribution in [0.1, 0.15) is 22.6 Å². The molecule has 148 valence electrons. The predicted octanol–water partition coefficient (Wildman–Crippen LogP) is 4.98. The van der Waals surface area contributed by atoms with Gasteiger partial charge in [0.1, 0.15) is 17.2 Å². The summed E-state index contributed by atoms with van der Waals surface area (Å²) in [7, 11) is 0. The molecule has 1 saturated heterocycles. The predicted molar refractivity (Wildman–Crippen MR) is 114 cm³/mol. The molecule has 0 saturated carbocycles. The average Bonchev–Trinajstić information content (AvgIpc) is 3.29. The van der Waals surface area contributed by atoms with E-state index in [1.54, 1.807) is 6.08 Å². The van der Waals surface area contributed by atoms with Gasteiger partial charge in [0.05, 0.1) is 0 Å². The van der Waals surface area contributed by atoms with Crippen LogP contribution in [0.15, 0.2) is 76.9 Å². The number of aromatic nitrogens is 1. The van der Waals surface area contributed by atoms with Crippen LogP contribution >= 0.6 is 0 Å². The van der Waals surface area contributed by atoms with Crippen molar-refractivity contribution in [2.75, 3.05) is 0 Å². The van der Waals surface area contributed by atoms with Crippen molar-refractivity contribution in [3.05, 3.63) is 95.0 Å². The molecule has 6 nitrogen and oxygen atoms in total. The maximum atomic E-state index is 11.3. The maximum absolute atomic E-state index is 11.3. The van der Waals surface area contributed by atoms with Crippen LogP contribution in [-0.4, -0.2) is 17.0 Å². The van der Waals surface area contributed by atoms with Crippen molar-refractivity contribution in [1.29, 1.82) is 0 Å². The first kappa shape index (κ1) is 19.1. The van der Waals surface area contributed by atoms with E-state index in [4.69, 9.17) is 4.42 Å². The van der Waals surface area contributed by atoms with E-state index in [2.05, 4.69) is 15.0 Å². The molecule has 1 amide bonds. The number of aryl methyl sites for hydroxylation is 1. The van der Waals surface area contributed by atoms with Gasteiger partial charge in [-0.1, -0.05) is 60.7 Å². The third-order valence-corrected chi connectivity index (χ3v) is 4.42. The molecule has 0 spiro atoms. The molecule has 0 unspecified atom stereocenters. The molecule has 0 atom stereocenters. The lowest BCUT2D eigenvalue weighted by molar-refractivity contribution is -0.130. The van der Waals surface area contributed by atoms with Gasteiger partial charge >= 0.3 is 12.1 Å². The molecule has 1 aromatic heterocycles. The number of hydrogen-bond acceptors (Lipinski definition) is 5. The van der Waals surface area contributed by atoms with Gasteiger partial charge in [-0.15, -0.1) is 0 Å². The molecule has 1 aliphatic rings. The third-order valence-electron chi connectivity index (χ3n) is 4.42. The van der Waals surface area contributed by atoms with Gasteiger partial charge < -0.3 is 9.15 Å². The highest BCUT2D eigenvalue weighted by atomic mass is 16.6. The Hall–Kier alpha value is -4.19. The maximum Gasteiger partial charge on any atom is 0.419 e. The monoisotopic (exact) mass is 398 g/mol. The van der Waals surface area contributed by atoms with E-state index in [9.17, 15) is 9.59 Å². The van der Waals surface area contributed by atoms with E-state index < -0.39 is 12.1 Å². The number of rotatable bonds is 5. The summed E-state index contributed by atoms with van der Waals surface area (Å²) in [6.07, 6.45) is 8.14. The molecule has 30 heavy (non-hydrogen) atoms. The first-order valence-corrected chi connectivity index (χ1v) is 9.31. The summed E-state index contributed by atoms with van der Waals surface area (Å²) in [4.78, 5) is 26.9. The zero-order valence-electron chi connectivity index (χ0n) is 16.2. The number of oxazole rings is 1. The number of amides is 1. The molecular weight excluding hydrogens is 380 g/mol. The number of esters is 1. The number of nitrogens with one attached hydrogen (secondary N) is 1. The smallest absolute Gasteiger partial charge is 0.419 e. The van der Waals surface area contributed by atoms with Crippen LogP contribution in [0.3, 0.4) is 0 Å². The summed E-state index contributed by atoms with van der Waals surface area (Å²) in [5, 5.41) is 2.32. The second-order valence-electron chi connectivity index (χ2n) is 6.57. The van der Waals surface area contributed by atoms with Crippen LogP contribution in [0.5, 0.6) is 0 Å². The number of carbonyl (C=O) groups is 2. The quantitative estimate of drug-likeness (QED) is 0.372. The van der Waals surface area contributed by atoms with Crippen molar-refractivity contribution in [3.8, 4) is 11.5 Å². The van der Waals surface area contributed by atoms with Crippen LogP contribution in [0.2, 0.25) is 0 Å². The summed E-state index contributed by atoms with van der Waals surface area (Å²) in [6, 6.07) is 17.6. The summed E-state index contributed by atoms with van der Waals surface area (Å²) >= 11 is 0. The standard InChI is InChI=1S/C24H18N2O4/c1-16-20(25-22(29-16)19-7-3-2-4-8-19)15-14-18-12-10-17(11-13-18)6-5-9-21-23(27)30-24(28)26-21/h2-15H,1H3,(H,26,28). The zero-order chi connectivity index (χ0) is 20.9. The lowest BCUT2D eigenvalue weighted by Crippen LogP contribution is -2.11. The van der Waals surface area contributed by atoms with Gasteiger partial charge in [0, 0.05) is 5.56 Å². The molecule has 0 radical (unpaired) electrons. The van der Waals surface area contributed by atoms with Gasteiger partial charge in [0.25, 0.3) is 0 Å². The van der Waals surface area contributed by atoms with E-state index in [0.717, 1.165) is 28.1 Å². The molecule has 2 heterocycles. The molecule has 1 N–H and O–H groups in total. The lowest BCUT2D eigenvalue weighted by atomic mass is 10.1. The van der Waals surface area contributed by atoms with Gasteiger partial charge in [-0.3, -0.25) is 5.32 Å². The topological polar surface area (TPSA) is 81.4 Å². The molecule has 0 bridgehead atoms. The largest absolute Gasteiger partial charge is 0.441 e. The fourth-order valence-corrected chi connectivity index (χ4v) is 2.85. The number of alkyl carbamates (subject to hydrolysis) is 1. The first-order valence-electron chi connectivity index (χ1n) is 9.31. The Morgan fingerprint density at radius 3 is 2.27 bits per heavy atom. The summed E-state index contributed by atoms with van der Waals surface area (Å²) in [5.41, 5.74) is 3.81. The number of ether oxygens (including phenoxy) is 1. The highest BCUT2D eigenvalue weighted by molar-refractivity contribution is 6.04. The van der Waals surface area contributed by atoms with Gasteiger partial charge in [-0.2, -0.15) is 0 Å². The SMILES string of the molecule is Cc1oc(-c2ccccc2)nc1C=Cc1ccc(C=CC=C2NC(=O)OC2=O)cc1. The van der Waals surface area contributed by atoms with Gasteiger partial charge in [-0.25, -0.2) is 14.6 Å². The zero-order valence-corrected chi connectivity index (χ0v) is 16.2. The van der Waals surface area contributed by atoms with Crippen molar-refractivity contribution in [2.24, 2.45) is 0 Å². The van der Waals surface area contributed by atoms with Crippen LogP contribution in [0.25, 0.3) is 29.7 Å². The van der Waals surface area contributed by atoms with Crippen molar-refractivity contribution in [3.63, 3.8) is 0 Å². The Morgan fingerprint density at radius 1 is 0.900 bits per heavy atom. The van der Waals surface area contributed by atoms with E-state index in [1.165, 1.54) is 6.08 Å². The number of cyclic esters (lactones) is 2. The van der Waals surface area contributed by atoms with Crippen LogP contribution in [0.4, 0.5) is 4.79 Å². The lowest BCUT2D eigenvalue weighted by Gasteiger charge is -1.96. The highest BCUT2D eigenvalue weighted by Gasteiger charge is 2.25. The number of benzene rings is 2. The fraction of sp³-hybridized carbons (Fsp3) is 0.0417. The molecule has 0 aliphatic carbocycles. The Balaban J connectivity index is 1.43. The molecule has 1 aliphatic heterocycles. The second-order valence-corrected chi connectivity index (χ2v) is 6.57. The van der Waals surface area contributed by atoms with E-state index in [1.807, 2.05) is 79.7 Å². The summed E-state index contributed by atoms with van der Waals surface area (Å²) in [5.74, 6) is 0.684. The third kappa shape index (κ3) is 4.44. The fourth-order valence-electron chi connectivity index (χ4n) is 2.85. The number of carbonyl (C=O) groups excluding carboxylic acids is 2. The van der Waals surface area contributed by atoms with Crippen LogP contribution in [0, 0.1) is 6.92 Å². The molecule has 3 aromatic rings. The van der Waals surface area contributed by atoms with Crippen molar-refractivity contribution in [1.82, 2.24) is 10.3 Å². The van der Waals surface area contributed by atoms with E-state index in [0.29, 0.717) is 5.89 Å². The second kappa shape index (κ2) is 8.45. The Morgan fingerprint density at radius 2 is 1.60 bits per heavy atom. The van der Waals surface area contributed by atoms with E-state index in [-0.39, 0.29) is 5.70 Å². The number of hydrogen-bond donors (Lipinski definition) is 1. The number of nitrogens with zero attached hydrogens (tertiary/aromatic N) is 1. The molecule has 4 rings (SSSR count). The summed E-state index contributed by atoms with van der Waals surface area (Å²) in [6.45, 7) is 1.89. The van der Waals surface area contributed by atoms with Gasteiger partial charge in [-0.05, 0) is 42.3 Å². The molecule has 6 heteroatoms. The van der Waals surface area contributed by atoms with Crippen molar-refractivity contribution >= 4 is 30.3 Å². The Kier molecular flexibility index (Phi) is 5.39. The van der Waals surface area contributed by atoms with Crippen LogP contribution in [-0.2, 0) is 9.53 Å². The van der Waals surface area contributed by atoms with Gasteiger partial charge in [0.2, 0.25) is 5.89 Å². The van der Waals surface area contributed by atoms with Crippen molar-refractivity contribution in [2.45, 2.75) is 6.92 Å². The van der Waals surface area contributed by atoms with Crippen LogP contribution < -0.4 is 5.32 Å². The average molecular weight is 398 g/mol. The summed E-state index contributed by atoms with van der Waals surface area (Å²) < 4.78 is 10.2. The number of allylic oxidation sites excluding steroid dienone is 2. The molecule has 2 aromatic carbocycles. The van der Waals surface area contributed by atoms with E-state index >= 15 is 0 Å². The van der Waals surface area contributed by atoms with Crippen molar-refractivity contribution < 1.29 is 18.7 Å². The minimum absolute atomic E-state index is 0.119. The normalized spacial score (nSPS) is 15.3. The minimum atomic E-state index is -0.756. The minimum Gasteiger partial charge on any atom is -0.441 e. The Labute approximate surface area is 173 Å². The molecular formula is C24H18N2O4. The van der Waals surface area contributed by atoms with Gasteiger partial charge in [0.15, 0.2) is 0 Å². The Bertz CT molecular complexity index is 1170.